The van der Waals surface area contributed by atoms with Crippen LogP contribution in [0.25, 0.3) is 0 Å². The number of unbranched alkanes of at least 4 members (excludes halogenated alkanes) is 4. The van der Waals surface area contributed by atoms with Gasteiger partial charge in [0.05, 0.1) is 25.6 Å². The van der Waals surface area contributed by atoms with Crippen molar-refractivity contribution in [2.24, 2.45) is 29.1 Å². The van der Waals surface area contributed by atoms with E-state index in [1.54, 1.807) is 0 Å². The van der Waals surface area contributed by atoms with E-state index in [4.69, 9.17) is 23.7 Å². The fraction of sp³-hybridized carbons (Fsp3) is 0.842. The molecule has 0 aliphatic heterocycles. The average Bonchev–Trinajstić information content (AvgIpc) is 3.45. The molecule has 0 aromatic carbocycles. The standard InChI is InChI=1S/C38H63NO9/c1-4-7-8-9-10-11-14-19-44-34(40)16-12-13-17-35(41)46-27-32(29-48-37(43)45-20-15-18-39(5-2)6-3)28-47-36(42)26-38-24-30-21-31(25-38)23-33(38)22-30/h10-11,30-33H,4-9,12-29H2,1-3H3/b11-10-. The fourth-order valence-electron chi connectivity index (χ4n) is 8.04. The summed E-state index contributed by atoms with van der Waals surface area (Å²) >= 11 is 0. The second-order valence-corrected chi connectivity index (χ2v) is 14.3. The second kappa shape index (κ2) is 22.2. The van der Waals surface area contributed by atoms with Gasteiger partial charge in [0.15, 0.2) is 0 Å². The normalized spacial score (nSPS) is 23.0. The minimum Gasteiger partial charge on any atom is -0.465 e. The van der Waals surface area contributed by atoms with Gasteiger partial charge in [-0.05, 0) is 107 Å². The van der Waals surface area contributed by atoms with E-state index in [0.29, 0.717) is 44.6 Å². The Bertz CT molecular complexity index is 996. The van der Waals surface area contributed by atoms with E-state index in [1.165, 1.54) is 38.5 Å². The molecule has 4 fully saturated rings. The van der Waals surface area contributed by atoms with Crippen molar-refractivity contribution in [2.45, 2.75) is 124 Å². The van der Waals surface area contributed by atoms with E-state index in [2.05, 4.69) is 37.8 Å². The van der Waals surface area contributed by atoms with Crippen molar-refractivity contribution < 1.29 is 42.9 Å². The monoisotopic (exact) mass is 677 g/mol. The molecule has 4 rings (SSSR count). The van der Waals surface area contributed by atoms with Gasteiger partial charge >= 0.3 is 24.1 Å². The molecule has 10 heteroatoms. The molecular formula is C38H63NO9. The molecule has 48 heavy (non-hydrogen) atoms. The Balaban J connectivity index is 1.34. The van der Waals surface area contributed by atoms with Gasteiger partial charge in [-0.1, -0.05) is 45.8 Å². The van der Waals surface area contributed by atoms with Crippen molar-refractivity contribution in [3.63, 3.8) is 0 Å². The van der Waals surface area contributed by atoms with E-state index in [1.807, 2.05) is 0 Å². The number of rotatable bonds is 26. The molecule has 3 unspecified atom stereocenters. The summed E-state index contributed by atoms with van der Waals surface area (Å²) < 4.78 is 27.0. The summed E-state index contributed by atoms with van der Waals surface area (Å²) in [6.45, 7) is 9.54. The zero-order valence-electron chi connectivity index (χ0n) is 30.1. The van der Waals surface area contributed by atoms with Crippen LogP contribution >= 0.6 is 0 Å². The van der Waals surface area contributed by atoms with Crippen molar-refractivity contribution in [3.8, 4) is 0 Å². The summed E-state index contributed by atoms with van der Waals surface area (Å²) in [5.41, 5.74) is 0.0927. The van der Waals surface area contributed by atoms with Crippen LogP contribution in [-0.4, -0.2) is 81.6 Å². The highest BCUT2D eigenvalue weighted by molar-refractivity contribution is 5.71. The van der Waals surface area contributed by atoms with Crippen LogP contribution in [0.15, 0.2) is 12.2 Å². The summed E-state index contributed by atoms with van der Waals surface area (Å²) in [5.74, 6) is 0.733. The second-order valence-electron chi connectivity index (χ2n) is 14.3. The van der Waals surface area contributed by atoms with Crippen molar-refractivity contribution in [1.82, 2.24) is 4.90 Å². The molecule has 0 radical (unpaired) electrons. The quantitative estimate of drug-likeness (QED) is 0.0396. The van der Waals surface area contributed by atoms with Crippen LogP contribution in [0.4, 0.5) is 4.79 Å². The number of allylic oxidation sites excluding steroid dienone is 1. The highest BCUT2D eigenvalue weighted by Crippen LogP contribution is 2.66. The van der Waals surface area contributed by atoms with Gasteiger partial charge in [-0.2, -0.15) is 0 Å². The minimum atomic E-state index is -0.787. The summed E-state index contributed by atoms with van der Waals surface area (Å²) in [7, 11) is 0. The first-order valence-corrected chi connectivity index (χ1v) is 18.9. The highest BCUT2D eigenvalue weighted by atomic mass is 16.7. The Morgan fingerprint density at radius 1 is 0.688 bits per heavy atom. The molecule has 0 aromatic heterocycles. The van der Waals surface area contributed by atoms with Gasteiger partial charge in [0, 0.05) is 19.4 Å². The maximum atomic E-state index is 13.0. The Kier molecular flexibility index (Phi) is 18.4. The molecule has 10 nitrogen and oxygen atoms in total. The Hall–Kier alpha value is -2.62. The lowest BCUT2D eigenvalue weighted by molar-refractivity contribution is -0.152. The average molecular weight is 678 g/mol. The molecule has 4 saturated carbocycles. The van der Waals surface area contributed by atoms with Gasteiger partial charge in [-0.15, -0.1) is 0 Å². The van der Waals surface area contributed by atoms with Crippen LogP contribution in [-0.2, 0) is 38.1 Å². The van der Waals surface area contributed by atoms with Crippen LogP contribution in [0, 0.1) is 29.1 Å². The Morgan fingerprint density at radius 3 is 1.98 bits per heavy atom. The molecular weight excluding hydrogens is 614 g/mol. The zero-order chi connectivity index (χ0) is 34.6. The molecule has 0 N–H and O–H groups in total. The zero-order valence-corrected chi connectivity index (χ0v) is 30.1. The lowest BCUT2D eigenvalue weighted by atomic mass is 9.73. The van der Waals surface area contributed by atoms with Crippen molar-refractivity contribution in [2.75, 3.05) is 52.7 Å². The largest absolute Gasteiger partial charge is 0.508 e. The SMILES string of the molecule is CCCCC/C=C\CCOC(=O)CCCCC(=O)OCC(COC(=O)CC12CC3CC(CC1C3)C2)COC(=O)OCCCN(CC)CC. The summed E-state index contributed by atoms with van der Waals surface area (Å²) in [6, 6.07) is 0. The van der Waals surface area contributed by atoms with E-state index in [9.17, 15) is 19.2 Å². The van der Waals surface area contributed by atoms with E-state index in [-0.39, 0.29) is 56.6 Å². The number of ether oxygens (including phenoxy) is 5. The fourth-order valence-corrected chi connectivity index (χ4v) is 8.04. The third-order valence-corrected chi connectivity index (χ3v) is 10.5. The number of hydrogen-bond acceptors (Lipinski definition) is 10. The predicted molar refractivity (Wildman–Crippen MR) is 183 cm³/mol. The summed E-state index contributed by atoms with van der Waals surface area (Å²) in [6.07, 6.45) is 17.4. The van der Waals surface area contributed by atoms with Crippen LogP contribution < -0.4 is 0 Å². The van der Waals surface area contributed by atoms with Crippen molar-refractivity contribution >= 4 is 24.1 Å². The summed E-state index contributed by atoms with van der Waals surface area (Å²) in [4.78, 5) is 52.0. The van der Waals surface area contributed by atoms with Gasteiger partial charge < -0.3 is 28.6 Å². The third kappa shape index (κ3) is 14.5. The number of esters is 3. The van der Waals surface area contributed by atoms with Gasteiger partial charge in [0.2, 0.25) is 0 Å². The van der Waals surface area contributed by atoms with Gasteiger partial charge in [-0.3, -0.25) is 14.4 Å². The molecule has 274 valence electrons. The number of hydrogen-bond donors (Lipinski definition) is 0. The molecule has 0 heterocycles. The molecule has 0 saturated heterocycles. The maximum Gasteiger partial charge on any atom is 0.508 e. The van der Waals surface area contributed by atoms with Crippen LogP contribution in [0.3, 0.4) is 0 Å². The third-order valence-electron chi connectivity index (χ3n) is 10.5. The minimum absolute atomic E-state index is 0.00523. The first-order valence-electron chi connectivity index (χ1n) is 18.9. The lowest BCUT2D eigenvalue weighted by Gasteiger charge is -2.32. The Labute approximate surface area is 289 Å². The maximum absolute atomic E-state index is 13.0. The van der Waals surface area contributed by atoms with Crippen molar-refractivity contribution in [3.05, 3.63) is 12.2 Å². The molecule has 4 aliphatic carbocycles. The molecule has 4 bridgehead atoms. The topological polar surface area (TPSA) is 118 Å². The predicted octanol–water partition coefficient (Wildman–Crippen LogP) is 7.42. The highest BCUT2D eigenvalue weighted by Gasteiger charge is 2.58. The smallest absolute Gasteiger partial charge is 0.465 e. The van der Waals surface area contributed by atoms with E-state index >= 15 is 0 Å². The molecule has 4 aliphatic rings. The molecule has 0 amide bonds. The molecule has 0 aromatic rings. The number of carbonyl (C=O) groups excluding carboxylic acids is 4. The lowest BCUT2D eigenvalue weighted by Crippen LogP contribution is -2.30. The van der Waals surface area contributed by atoms with E-state index in [0.717, 1.165) is 50.7 Å². The van der Waals surface area contributed by atoms with E-state index < -0.39 is 18.0 Å². The number of carbonyl (C=O) groups is 4. The molecule has 3 atom stereocenters. The van der Waals surface area contributed by atoms with Crippen LogP contribution in [0.2, 0.25) is 0 Å². The van der Waals surface area contributed by atoms with Gasteiger partial charge in [-0.25, -0.2) is 4.79 Å². The van der Waals surface area contributed by atoms with Crippen molar-refractivity contribution in [1.29, 1.82) is 0 Å². The van der Waals surface area contributed by atoms with Gasteiger partial charge in [0.1, 0.15) is 19.8 Å². The number of nitrogens with zero attached hydrogens (tertiary/aromatic N) is 1. The van der Waals surface area contributed by atoms with Gasteiger partial charge in [0.25, 0.3) is 0 Å². The first kappa shape index (κ1) is 39.8. The molecule has 0 spiro atoms. The van der Waals surface area contributed by atoms with Crippen LogP contribution in [0.5, 0.6) is 0 Å². The van der Waals surface area contributed by atoms with Crippen LogP contribution in [0.1, 0.15) is 124 Å². The Morgan fingerprint density at radius 2 is 1.31 bits per heavy atom. The summed E-state index contributed by atoms with van der Waals surface area (Å²) in [5, 5.41) is 0. The first-order chi connectivity index (χ1) is 23.3.